The van der Waals surface area contributed by atoms with E-state index in [0.29, 0.717) is 13.0 Å². The molecule has 68 valence electrons. The van der Waals surface area contributed by atoms with Crippen LogP contribution in [0.25, 0.3) is 0 Å². The van der Waals surface area contributed by atoms with E-state index in [0.717, 1.165) is 6.42 Å². The number of urea groups is 1. The maximum absolute atomic E-state index is 10.9. The van der Waals surface area contributed by atoms with E-state index in [2.05, 4.69) is 10.6 Å². The highest BCUT2D eigenvalue weighted by Crippen LogP contribution is 2.12. The molecule has 6 nitrogen and oxygen atoms in total. The van der Waals surface area contributed by atoms with Crippen molar-refractivity contribution in [3.63, 3.8) is 0 Å². The van der Waals surface area contributed by atoms with Crippen molar-refractivity contribution in [1.29, 1.82) is 0 Å². The molecular weight excluding hydrogens is 164 g/mol. The summed E-state index contributed by atoms with van der Waals surface area (Å²) >= 11 is 0. The van der Waals surface area contributed by atoms with E-state index in [1.807, 2.05) is 0 Å². The molecular formula is C6H10N2O4. The van der Waals surface area contributed by atoms with Crippen LogP contribution in [0.1, 0.15) is 12.8 Å². The molecule has 12 heavy (non-hydrogen) atoms. The Morgan fingerprint density at radius 3 is 2.83 bits per heavy atom. The van der Waals surface area contributed by atoms with E-state index in [-0.39, 0.29) is 0 Å². The van der Waals surface area contributed by atoms with Crippen molar-refractivity contribution in [3.8, 4) is 0 Å². The third kappa shape index (κ3) is 2.39. The van der Waals surface area contributed by atoms with Crippen LogP contribution < -0.4 is 11.2 Å². The Morgan fingerprint density at radius 2 is 2.33 bits per heavy atom. The first kappa shape index (κ1) is 8.79. The van der Waals surface area contributed by atoms with Gasteiger partial charge in [-0.15, -0.1) is 0 Å². The summed E-state index contributed by atoms with van der Waals surface area (Å²) in [6.45, 7) is 0.552. The molecule has 3 N–H and O–H groups in total. The smallest absolute Gasteiger partial charge is 0.360 e. The Labute approximate surface area is 69.0 Å². The minimum Gasteiger partial charge on any atom is -0.366 e. The average molecular weight is 174 g/mol. The highest BCUT2D eigenvalue weighted by atomic mass is 16.7. The molecule has 6 heteroatoms. The van der Waals surface area contributed by atoms with E-state index < -0.39 is 18.1 Å². The number of hydrogen-bond donors (Lipinski definition) is 2. The molecule has 0 spiro atoms. The molecule has 1 aliphatic rings. The van der Waals surface area contributed by atoms with Crippen LogP contribution in [0.15, 0.2) is 0 Å². The van der Waals surface area contributed by atoms with Crippen LogP contribution in [0.4, 0.5) is 4.79 Å². The van der Waals surface area contributed by atoms with Crippen molar-refractivity contribution in [1.82, 2.24) is 5.48 Å². The molecule has 0 aromatic heterocycles. The summed E-state index contributed by atoms with van der Waals surface area (Å²) in [6.07, 6.45) is 0.896. The highest BCUT2D eigenvalue weighted by Gasteiger charge is 2.25. The number of hydrogen-bond acceptors (Lipinski definition) is 4. The van der Waals surface area contributed by atoms with Crippen LogP contribution in [0, 0.1) is 0 Å². The number of carbonyl (C=O) groups is 2. The second kappa shape index (κ2) is 3.91. The van der Waals surface area contributed by atoms with Crippen LogP contribution in [0.5, 0.6) is 0 Å². The Kier molecular flexibility index (Phi) is 2.87. The number of nitrogens with one attached hydrogen (secondary N) is 1. The molecule has 1 unspecified atom stereocenters. The minimum absolute atomic E-state index is 0.552. The van der Waals surface area contributed by atoms with Gasteiger partial charge in [0.2, 0.25) is 0 Å². The van der Waals surface area contributed by atoms with Gasteiger partial charge in [0, 0.05) is 6.61 Å². The van der Waals surface area contributed by atoms with Crippen molar-refractivity contribution in [2.24, 2.45) is 5.73 Å². The molecule has 0 radical (unpaired) electrons. The fourth-order valence-corrected chi connectivity index (χ4v) is 0.930. The quantitative estimate of drug-likeness (QED) is 0.514. The van der Waals surface area contributed by atoms with Crippen LogP contribution in [-0.4, -0.2) is 24.7 Å². The van der Waals surface area contributed by atoms with Gasteiger partial charge in [0.05, 0.1) is 0 Å². The summed E-state index contributed by atoms with van der Waals surface area (Å²) < 4.78 is 4.98. The van der Waals surface area contributed by atoms with Gasteiger partial charge < -0.3 is 15.3 Å². The number of primary amides is 1. The Balaban J connectivity index is 2.23. The summed E-state index contributed by atoms with van der Waals surface area (Å²) in [5.74, 6) is -0.605. The maximum Gasteiger partial charge on any atom is 0.360 e. The zero-order valence-electron chi connectivity index (χ0n) is 6.41. The van der Waals surface area contributed by atoms with Crippen molar-refractivity contribution >= 4 is 12.0 Å². The average Bonchev–Trinajstić information content (AvgIpc) is 2.51. The normalized spacial score (nSPS) is 21.8. The predicted octanol–water partition coefficient (Wildman–Crippen LogP) is -0.708. The third-order valence-electron chi connectivity index (χ3n) is 1.44. The molecule has 1 atom stereocenters. The number of ether oxygens (including phenoxy) is 1. The molecule has 1 fully saturated rings. The molecule has 1 heterocycles. The van der Waals surface area contributed by atoms with Crippen molar-refractivity contribution in [2.75, 3.05) is 6.61 Å². The number of hydroxylamine groups is 1. The molecule has 1 rings (SSSR count). The number of rotatable bonds is 1. The Bertz CT molecular complexity index is 188. The molecule has 0 aromatic rings. The molecule has 1 aliphatic heterocycles. The molecule has 0 aromatic carbocycles. The fraction of sp³-hybridized carbons (Fsp3) is 0.667. The summed E-state index contributed by atoms with van der Waals surface area (Å²) in [6, 6.07) is -0.902. The van der Waals surface area contributed by atoms with Crippen LogP contribution in [0.2, 0.25) is 0 Å². The van der Waals surface area contributed by atoms with Crippen molar-refractivity contribution in [2.45, 2.75) is 18.9 Å². The van der Waals surface area contributed by atoms with Gasteiger partial charge in [0.25, 0.3) is 0 Å². The lowest BCUT2D eigenvalue weighted by atomic mass is 10.2. The van der Waals surface area contributed by atoms with Gasteiger partial charge in [-0.05, 0) is 12.8 Å². The summed E-state index contributed by atoms with van der Waals surface area (Å²) in [5, 5.41) is 0. The van der Waals surface area contributed by atoms with Gasteiger partial charge in [-0.25, -0.2) is 9.59 Å². The first-order valence-electron chi connectivity index (χ1n) is 3.58. The molecule has 0 bridgehead atoms. The second-order valence-electron chi connectivity index (χ2n) is 2.39. The topological polar surface area (TPSA) is 90.7 Å². The monoisotopic (exact) mass is 174 g/mol. The van der Waals surface area contributed by atoms with E-state index in [1.54, 1.807) is 5.48 Å². The van der Waals surface area contributed by atoms with Crippen LogP contribution in [-0.2, 0) is 14.4 Å². The number of carbonyl (C=O) groups excluding carboxylic acids is 2. The van der Waals surface area contributed by atoms with E-state index in [9.17, 15) is 9.59 Å². The standard InChI is InChI=1S/C6H10N2O4/c7-6(10)8-12-5(9)4-2-1-3-11-4/h4H,1-3H2,(H3,7,8,10). The van der Waals surface area contributed by atoms with Gasteiger partial charge in [-0.1, -0.05) is 0 Å². The van der Waals surface area contributed by atoms with Crippen LogP contribution in [0.3, 0.4) is 0 Å². The summed E-state index contributed by atoms with van der Waals surface area (Å²) in [4.78, 5) is 25.3. The van der Waals surface area contributed by atoms with Gasteiger partial charge in [-0.2, -0.15) is 5.48 Å². The predicted molar refractivity (Wildman–Crippen MR) is 37.8 cm³/mol. The maximum atomic E-state index is 10.9. The van der Waals surface area contributed by atoms with E-state index >= 15 is 0 Å². The largest absolute Gasteiger partial charge is 0.366 e. The van der Waals surface area contributed by atoms with Gasteiger partial charge in [0.15, 0.2) is 6.10 Å². The number of amides is 2. The lowest BCUT2D eigenvalue weighted by Gasteiger charge is -2.07. The summed E-state index contributed by atoms with van der Waals surface area (Å²) in [7, 11) is 0. The van der Waals surface area contributed by atoms with E-state index in [1.165, 1.54) is 0 Å². The van der Waals surface area contributed by atoms with Gasteiger partial charge in [-0.3, -0.25) is 0 Å². The first-order valence-corrected chi connectivity index (χ1v) is 3.58. The zero-order chi connectivity index (χ0) is 8.97. The first-order chi connectivity index (χ1) is 5.70. The molecule has 0 saturated carbocycles. The Morgan fingerprint density at radius 1 is 1.58 bits per heavy atom. The van der Waals surface area contributed by atoms with E-state index in [4.69, 9.17) is 4.74 Å². The zero-order valence-corrected chi connectivity index (χ0v) is 6.41. The third-order valence-corrected chi connectivity index (χ3v) is 1.44. The molecule has 1 saturated heterocycles. The lowest BCUT2D eigenvalue weighted by molar-refractivity contribution is -0.159. The second-order valence-corrected chi connectivity index (χ2v) is 2.39. The van der Waals surface area contributed by atoms with Crippen molar-refractivity contribution in [3.05, 3.63) is 0 Å². The molecule has 0 aliphatic carbocycles. The Hall–Kier alpha value is -1.30. The summed E-state index contributed by atoms with van der Waals surface area (Å²) in [5.41, 5.74) is 6.40. The minimum atomic E-state index is -0.902. The fourth-order valence-electron chi connectivity index (χ4n) is 0.930. The lowest BCUT2D eigenvalue weighted by Crippen LogP contribution is -2.35. The molecule has 2 amide bonds. The highest BCUT2D eigenvalue weighted by molar-refractivity contribution is 5.78. The van der Waals surface area contributed by atoms with Gasteiger partial charge in [0.1, 0.15) is 0 Å². The number of nitrogens with two attached hydrogens (primary N) is 1. The van der Waals surface area contributed by atoms with Crippen LogP contribution >= 0.6 is 0 Å². The SMILES string of the molecule is NC(=O)NOC(=O)C1CCCO1. The van der Waals surface area contributed by atoms with Crippen molar-refractivity contribution < 1.29 is 19.2 Å². The van der Waals surface area contributed by atoms with Gasteiger partial charge >= 0.3 is 12.0 Å².